The fraction of sp³-hybridized carbons (Fsp3) is 0.167. The molecule has 0 bridgehead atoms. The maximum atomic E-state index is 13.0. The normalized spacial score (nSPS) is 18.8. The number of carbonyl (C=O) groups excluding carboxylic acids is 1. The Kier molecular flexibility index (Phi) is 4.90. The zero-order valence-electron chi connectivity index (χ0n) is 13.4. The van der Waals surface area contributed by atoms with Gasteiger partial charge in [-0.15, -0.1) is 0 Å². The van der Waals surface area contributed by atoms with Gasteiger partial charge >= 0.3 is 5.97 Å². The van der Waals surface area contributed by atoms with Crippen molar-refractivity contribution in [2.24, 2.45) is 5.16 Å². The number of rotatable bonds is 5. The Labute approximate surface area is 153 Å². The van der Waals surface area contributed by atoms with E-state index in [0.29, 0.717) is 22.0 Å². The molecule has 26 heavy (non-hydrogen) atoms. The van der Waals surface area contributed by atoms with Crippen molar-refractivity contribution in [2.75, 3.05) is 5.32 Å². The zero-order valence-corrected chi connectivity index (χ0v) is 14.2. The van der Waals surface area contributed by atoms with Crippen molar-refractivity contribution < 1.29 is 23.9 Å². The van der Waals surface area contributed by atoms with Crippen LogP contribution in [0.15, 0.2) is 53.7 Å². The van der Waals surface area contributed by atoms with Gasteiger partial charge in [-0.3, -0.25) is 4.79 Å². The molecule has 2 N–H and O–H groups in total. The van der Waals surface area contributed by atoms with E-state index < -0.39 is 29.7 Å². The molecule has 0 unspecified atom stereocenters. The van der Waals surface area contributed by atoms with E-state index in [1.165, 1.54) is 24.3 Å². The zero-order chi connectivity index (χ0) is 18.7. The van der Waals surface area contributed by atoms with Crippen LogP contribution in [-0.2, 0) is 14.4 Å². The number of halogens is 2. The number of oxime groups is 1. The summed E-state index contributed by atoms with van der Waals surface area (Å²) in [7, 11) is 0. The molecule has 1 aliphatic heterocycles. The maximum Gasteiger partial charge on any atom is 0.351 e. The molecule has 1 amide bonds. The van der Waals surface area contributed by atoms with Gasteiger partial charge in [0.1, 0.15) is 5.82 Å². The minimum absolute atomic E-state index is 0.121. The summed E-state index contributed by atoms with van der Waals surface area (Å²) in [5.41, 5.74) is -0.592. The molecule has 8 heteroatoms. The van der Waals surface area contributed by atoms with Crippen LogP contribution in [0.1, 0.15) is 18.4 Å². The lowest BCUT2D eigenvalue weighted by molar-refractivity contribution is -0.165. The molecule has 0 saturated carbocycles. The summed E-state index contributed by atoms with van der Waals surface area (Å²) < 4.78 is 13.0. The summed E-state index contributed by atoms with van der Waals surface area (Å²) in [6.45, 7) is 0. The van der Waals surface area contributed by atoms with E-state index in [4.69, 9.17) is 16.4 Å². The number of carboxylic acids is 1. The van der Waals surface area contributed by atoms with Crippen molar-refractivity contribution >= 4 is 34.9 Å². The average molecular weight is 377 g/mol. The number of aliphatic carboxylic acids is 1. The monoisotopic (exact) mass is 376 g/mol. The number of hydrogen-bond donors (Lipinski definition) is 2. The number of hydrogen-bond acceptors (Lipinski definition) is 4. The standard InChI is InChI=1S/C18H14ClFN2O4/c19-13-3-1-2-4-14(13)21-16(23)10-18(17(24)25)9-15(22-26-18)11-5-7-12(20)8-6-11/h1-8H,9-10H2,(H,21,23)(H,24,25)/t18-/m1/s1. The van der Waals surface area contributed by atoms with Crippen LogP contribution in [0.25, 0.3) is 0 Å². The summed E-state index contributed by atoms with van der Waals surface area (Å²) in [6.07, 6.45) is -0.578. The van der Waals surface area contributed by atoms with Gasteiger partial charge in [0.25, 0.3) is 0 Å². The number of carboxylic acid groups (broad SMARTS) is 1. The van der Waals surface area contributed by atoms with Crippen molar-refractivity contribution in [3.63, 3.8) is 0 Å². The van der Waals surface area contributed by atoms with Crippen LogP contribution in [0.4, 0.5) is 10.1 Å². The first-order chi connectivity index (χ1) is 12.4. The van der Waals surface area contributed by atoms with E-state index in [9.17, 15) is 19.1 Å². The molecule has 1 aliphatic rings. The lowest BCUT2D eigenvalue weighted by Crippen LogP contribution is -2.42. The van der Waals surface area contributed by atoms with Crippen molar-refractivity contribution in [2.45, 2.75) is 18.4 Å². The molecule has 0 spiro atoms. The highest BCUT2D eigenvalue weighted by Gasteiger charge is 2.49. The quantitative estimate of drug-likeness (QED) is 0.836. The number of nitrogens with one attached hydrogen (secondary N) is 1. The molecule has 134 valence electrons. The van der Waals surface area contributed by atoms with Gasteiger partial charge in [-0.25, -0.2) is 9.18 Å². The molecule has 0 fully saturated rings. The minimum atomic E-state index is -1.82. The predicted octanol–water partition coefficient (Wildman–Crippen LogP) is 3.46. The van der Waals surface area contributed by atoms with Crippen LogP contribution in [-0.4, -0.2) is 28.3 Å². The third kappa shape index (κ3) is 3.67. The summed E-state index contributed by atoms with van der Waals surface area (Å²) in [5, 5.41) is 16.3. The number of para-hydroxylation sites is 1. The first-order valence-corrected chi connectivity index (χ1v) is 8.06. The van der Waals surface area contributed by atoms with E-state index in [1.807, 2.05) is 0 Å². The Hall–Kier alpha value is -2.93. The van der Waals surface area contributed by atoms with Crippen molar-refractivity contribution in [3.8, 4) is 0 Å². The summed E-state index contributed by atoms with van der Waals surface area (Å²) in [6, 6.07) is 12.0. The second-order valence-electron chi connectivity index (χ2n) is 5.82. The van der Waals surface area contributed by atoms with E-state index in [-0.39, 0.29) is 6.42 Å². The fourth-order valence-electron chi connectivity index (χ4n) is 2.58. The van der Waals surface area contributed by atoms with Crippen molar-refractivity contribution in [3.05, 3.63) is 64.9 Å². The largest absolute Gasteiger partial charge is 0.478 e. The van der Waals surface area contributed by atoms with Gasteiger partial charge < -0.3 is 15.3 Å². The molecule has 1 atom stereocenters. The van der Waals surface area contributed by atoms with E-state index in [0.717, 1.165) is 0 Å². The van der Waals surface area contributed by atoms with Crippen LogP contribution in [0.2, 0.25) is 5.02 Å². The highest BCUT2D eigenvalue weighted by Crippen LogP contribution is 2.31. The van der Waals surface area contributed by atoms with Gasteiger partial charge in [-0.05, 0) is 29.8 Å². The lowest BCUT2D eigenvalue weighted by atomic mass is 9.91. The molecule has 6 nitrogen and oxygen atoms in total. The van der Waals surface area contributed by atoms with Crippen LogP contribution >= 0.6 is 11.6 Å². The second-order valence-corrected chi connectivity index (χ2v) is 6.22. The van der Waals surface area contributed by atoms with Gasteiger partial charge in [0, 0.05) is 6.42 Å². The van der Waals surface area contributed by atoms with Gasteiger partial charge in [-0.2, -0.15) is 0 Å². The molecular formula is C18H14ClFN2O4. The first-order valence-electron chi connectivity index (χ1n) is 7.68. The van der Waals surface area contributed by atoms with Gasteiger partial charge in [-0.1, -0.05) is 41.0 Å². The van der Waals surface area contributed by atoms with E-state index in [2.05, 4.69) is 10.5 Å². The second kappa shape index (κ2) is 7.13. The third-order valence-corrected chi connectivity index (χ3v) is 4.27. The molecule has 0 radical (unpaired) electrons. The van der Waals surface area contributed by atoms with E-state index >= 15 is 0 Å². The summed E-state index contributed by atoms with van der Waals surface area (Å²) in [5.74, 6) is -2.30. The molecule has 0 saturated heterocycles. The first kappa shape index (κ1) is 17.9. The molecule has 3 rings (SSSR count). The minimum Gasteiger partial charge on any atom is -0.478 e. The van der Waals surface area contributed by atoms with E-state index in [1.54, 1.807) is 24.3 Å². The number of amides is 1. The number of benzene rings is 2. The maximum absolute atomic E-state index is 13.0. The summed E-state index contributed by atoms with van der Waals surface area (Å²) in [4.78, 5) is 29.2. The highest BCUT2D eigenvalue weighted by molar-refractivity contribution is 6.33. The average Bonchev–Trinajstić information content (AvgIpc) is 3.03. The van der Waals surface area contributed by atoms with Gasteiger partial charge in [0.2, 0.25) is 11.5 Å². The Morgan fingerprint density at radius 2 is 1.92 bits per heavy atom. The van der Waals surface area contributed by atoms with Gasteiger partial charge in [0.05, 0.1) is 22.8 Å². The highest BCUT2D eigenvalue weighted by atomic mass is 35.5. The Morgan fingerprint density at radius 3 is 2.58 bits per heavy atom. The SMILES string of the molecule is O=C(C[C@@]1(C(=O)O)CC(c2ccc(F)cc2)=NO1)Nc1ccccc1Cl. The molecule has 2 aromatic rings. The Morgan fingerprint density at radius 1 is 1.23 bits per heavy atom. The predicted molar refractivity (Wildman–Crippen MR) is 93.7 cm³/mol. The fourth-order valence-corrected chi connectivity index (χ4v) is 2.76. The molecular weight excluding hydrogens is 363 g/mol. The molecule has 2 aromatic carbocycles. The lowest BCUT2D eigenvalue weighted by Gasteiger charge is -2.21. The van der Waals surface area contributed by atoms with Crippen molar-refractivity contribution in [1.82, 2.24) is 0 Å². The van der Waals surface area contributed by atoms with Crippen LogP contribution in [0, 0.1) is 5.82 Å². The Bertz CT molecular complexity index is 885. The van der Waals surface area contributed by atoms with Crippen LogP contribution in [0.3, 0.4) is 0 Å². The smallest absolute Gasteiger partial charge is 0.351 e. The number of nitrogens with zero attached hydrogens (tertiary/aromatic N) is 1. The Balaban J connectivity index is 1.74. The molecule has 0 aromatic heterocycles. The number of carbonyl (C=O) groups is 2. The number of anilines is 1. The topological polar surface area (TPSA) is 88.0 Å². The molecule has 0 aliphatic carbocycles. The van der Waals surface area contributed by atoms with Crippen LogP contribution in [0.5, 0.6) is 0 Å². The summed E-state index contributed by atoms with van der Waals surface area (Å²) >= 11 is 5.98. The van der Waals surface area contributed by atoms with Gasteiger partial charge in [0.15, 0.2) is 0 Å². The molecule has 1 heterocycles. The van der Waals surface area contributed by atoms with Crippen molar-refractivity contribution in [1.29, 1.82) is 0 Å². The third-order valence-electron chi connectivity index (χ3n) is 3.94. The van der Waals surface area contributed by atoms with Crippen LogP contribution < -0.4 is 5.32 Å².